The van der Waals surface area contributed by atoms with E-state index in [0.29, 0.717) is 12.5 Å². The molecule has 1 aliphatic rings. The number of nitrogen functional groups attached to an aromatic ring is 1. The largest absolute Gasteiger partial charge is 0.368 e. The summed E-state index contributed by atoms with van der Waals surface area (Å²) in [5.41, 5.74) is 8.36. The van der Waals surface area contributed by atoms with Crippen molar-refractivity contribution in [2.24, 2.45) is 7.05 Å². The second-order valence-corrected chi connectivity index (χ2v) is 6.63. The van der Waals surface area contributed by atoms with Gasteiger partial charge in [0.2, 0.25) is 5.95 Å². The lowest BCUT2D eigenvalue weighted by Gasteiger charge is -2.32. The zero-order chi connectivity index (χ0) is 17.6. The van der Waals surface area contributed by atoms with Gasteiger partial charge in [-0.2, -0.15) is 15.2 Å². The molecule has 2 aromatic heterocycles. The molecule has 1 fully saturated rings. The number of likely N-dealkylation sites (tertiary alicyclic amines) is 1. The number of piperidine rings is 1. The van der Waals surface area contributed by atoms with Crippen molar-refractivity contribution in [3.63, 3.8) is 0 Å². The molecule has 0 aliphatic carbocycles. The number of nitrogens with two attached hydrogens (primary N) is 1. The molecular weight excluding hydrogens is 318 g/mol. The number of benzene rings is 1. The fraction of sp³-hybridized carbons (Fsp3) is 0.412. The lowest BCUT2D eigenvalue weighted by molar-refractivity contribution is 0.0706. The summed E-state index contributed by atoms with van der Waals surface area (Å²) in [5, 5.41) is 12.3. The number of carbonyl (C=O) groups is 1. The number of hydrogen-bond acceptors (Lipinski definition) is 5. The number of aryl methyl sites for hydroxylation is 2. The Hall–Kier alpha value is -2.90. The third kappa shape index (κ3) is 2.63. The summed E-state index contributed by atoms with van der Waals surface area (Å²) in [6, 6.07) is 3.91. The van der Waals surface area contributed by atoms with Crippen LogP contribution in [0.5, 0.6) is 0 Å². The monoisotopic (exact) mass is 339 g/mol. The summed E-state index contributed by atoms with van der Waals surface area (Å²) in [7, 11) is 1.78. The molecule has 0 saturated carbocycles. The van der Waals surface area contributed by atoms with Crippen LogP contribution in [0.2, 0.25) is 0 Å². The van der Waals surface area contributed by atoms with Gasteiger partial charge in [-0.15, -0.1) is 0 Å². The van der Waals surface area contributed by atoms with Gasteiger partial charge in [0.25, 0.3) is 5.91 Å². The lowest BCUT2D eigenvalue weighted by atomic mass is 9.95. The van der Waals surface area contributed by atoms with Crippen LogP contribution in [-0.4, -0.2) is 48.9 Å². The Balaban J connectivity index is 1.63. The minimum Gasteiger partial charge on any atom is -0.368 e. The summed E-state index contributed by atoms with van der Waals surface area (Å²) in [4.78, 5) is 19.4. The maximum atomic E-state index is 13.2. The minimum atomic E-state index is 0.0399. The van der Waals surface area contributed by atoms with E-state index < -0.39 is 0 Å². The minimum absolute atomic E-state index is 0.0399. The molecular formula is C17H21N7O. The number of aromatic amines is 1. The fourth-order valence-corrected chi connectivity index (χ4v) is 3.53. The number of nitrogens with one attached hydrogen (secondary N) is 1. The van der Waals surface area contributed by atoms with Gasteiger partial charge in [0.05, 0.1) is 17.3 Å². The van der Waals surface area contributed by atoms with Crippen LogP contribution in [0, 0.1) is 6.92 Å². The number of aromatic nitrogens is 5. The molecule has 130 valence electrons. The summed E-state index contributed by atoms with van der Waals surface area (Å²) in [5.74, 6) is 1.27. The summed E-state index contributed by atoms with van der Waals surface area (Å²) >= 11 is 0. The fourth-order valence-electron chi connectivity index (χ4n) is 3.53. The number of rotatable bonds is 2. The van der Waals surface area contributed by atoms with E-state index in [2.05, 4.69) is 20.3 Å². The predicted molar refractivity (Wildman–Crippen MR) is 94.1 cm³/mol. The first-order valence-electron chi connectivity index (χ1n) is 8.43. The van der Waals surface area contributed by atoms with Crippen molar-refractivity contribution >= 4 is 22.8 Å². The molecule has 4 rings (SSSR count). The first-order valence-corrected chi connectivity index (χ1v) is 8.43. The van der Waals surface area contributed by atoms with Gasteiger partial charge in [-0.1, -0.05) is 6.07 Å². The molecule has 1 unspecified atom stereocenters. The number of hydrogen-bond donors (Lipinski definition) is 2. The Labute approximate surface area is 145 Å². The topological polar surface area (TPSA) is 106 Å². The highest BCUT2D eigenvalue weighted by molar-refractivity contribution is 6.07. The van der Waals surface area contributed by atoms with E-state index >= 15 is 0 Å². The summed E-state index contributed by atoms with van der Waals surface area (Å²) in [6.45, 7) is 3.31. The van der Waals surface area contributed by atoms with E-state index in [1.54, 1.807) is 17.9 Å². The van der Waals surface area contributed by atoms with Crippen molar-refractivity contribution in [3.8, 4) is 0 Å². The summed E-state index contributed by atoms with van der Waals surface area (Å²) in [6.07, 6.45) is 3.61. The molecule has 1 aromatic carbocycles. The molecule has 1 saturated heterocycles. The third-order valence-corrected chi connectivity index (χ3v) is 4.93. The van der Waals surface area contributed by atoms with Gasteiger partial charge in [0.1, 0.15) is 0 Å². The highest BCUT2D eigenvalue weighted by Gasteiger charge is 2.29. The van der Waals surface area contributed by atoms with E-state index in [1.165, 1.54) is 0 Å². The quantitative estimate of drug-likeness (QED) is 0.738. The molecule has 0 bridgehead atoms. The standard InChI is InChI=1S/C17H21N7O/c1-10-5-6-13-12(8-19-21-13)14(10)16(25)24-7-3-4-11(9-24)15-20-17(18)23(2)22-15/h5-6,8,11H,3-4,7,9H2,1-2H3,(H,19,21)(H2,18,20,22). The molecule has 1 aliphatic heterocycles. The number of H-pyrrole nitrogens is 1. The van der Waals surface area contributed by atoms with Gasteiger partial charge in [0.15, 0.2) is 5.82 Å². The van der Waals surface area contributed by atoms with Crippen LogP contribution in [0.3, 0.4) is 0 Å². The second kappa shape index (κ2) is 5.87. The van der Waals surface area contributed by atoms with Crippen LogP contribution < -0.4 is 5.73 Å². The van der Waals surface area contributed by atoms with Gasteiger partial charge in [0, 0.05) is 31.4 Å². The number of fused-ring (bicyclic) bond motifs is 1. The van der Waals surface area contributed by atoms with E-state index in [9.17, 15) is 4.79 Å². The molecule has 0 radical (unpaired) electrons. The van der Waals surface area contributed by atoms with Gasteiger partial charge in [-0.3, -0.25) is 9.89 Å². The molecule has 25 heavy (non-hydrogen) atoms. The molecule has 0 spiro atoms. The van der Waals surface area contributed by atoms with Crippen molar-refractivity contribution in [2.45, 2.75) is 25.7 Å². The van der Waals surface area contributed by atoms with Crippen LogP contribution in [0.25, 0.3) is 10.9 Å². The van der Waals surface area contributed by atoms with Gasteiger partial charge < -0.3 is 10.6 Å². The van der Waals surface area contributed by atoms with E-state index in [-0.39, 0.29) is 11.8 Å². The highest BCUT2D eigenvalue weighted by atomic mass is 16.2. The molecule has 1 amide bonds. The molecule has 3 heterocycles. The first kappa shape index (κ1) is 15.6. The van der Waals surface area contributed by atoms with Crippen molar-refractivity contribution < 1.29 is 4.79 Å². The van der Waals surface area contributed by atoms with Crippen LogP contribution in [-0.2, 0) is 7.05 Å². The Kier molecular flexibility index (Phi) is 3.67. The number of amides is 1. The van der Waals surface area contributed by atoms with Crippen LogP contribution in [0.1, 0.15) is 40.5 Å². The van der Waals surface area contributed by atoms with E-state index in [1.807, 2.05) is 24.0 Å². The average Bonchev–Trinajstić information content (AvgIpc) is 3.21. The number of anilines is 1. The zero-order valence-electron chi connectivity index (χ0n) is 14.4. The molecule has 8 nitrogen and oxygen atoms in total. The second-order valence-electron chi connectivity index (χ2n) is 6.63. The van der Waals surface area contributed by atoms with Crippen molar-refractivity contribution in [1.29, 1.82) is 0 Å². The smallest absolute Gasteiger partial charge is 0.254 e. The first-order chi connectivity index (χ1) is 12.0. The maximum absolute atomic E-state index is 13.2. The van der Waals surface area contributed by atoms with Gasteiger partial charge in [-0.05, 0) is 31.4 Å². The maximum Gasteiger partial charge on any atom is 0.254 e. The Morgan fingerprint density at radius 2 is 2.24 bits per heavy atom. The van der Waals surface area contributed by atoms with Crippen molar-refractivity contribution in [2.75, 3.05) is 18.8 Å². The van der Waals surface area contributed by atoms with Crippen LogP contribution in [0.15, 0.2) is 18.3 Å². The number of carbonyl (C=O) groups excluding carboxylic acids is 1. The summed E-state index contributed by atoms with van der Waals surface area (Å²) < 4.78 is 1.58. The lowest BCUT2D eigenvalue weighted by Crippen LogP contribution is -2.39. The van der Waals surface area contributed by atoms with Gasteiger partial charge in [-0.25, -0.2) is 4.68 Å². The van der Waals surface area contributed by atoms with Crippen LogP contribution in [0.4, 0.5) is 5.95 Å². The Morgan fingerprint density at radius 1 is 1.40 bits per heavy atom. The molecule has 3 N–H and O–H groups in total. The van der Waals surface area contributed by atoms with Crippen LogP contribution >= 0.6 is 0 Å². The molecule has 8 heteroatoms. The SMILES string of the molecule is Cc1ccc2[nH]ncc2c1C(=O)N1CCCC(c2nc(N)n(C)n2)C1. The molecule has 1 atom stereocenters. The zero-order valence-corrected chi connectivity index (χ0v) is 14.4. The van der Waals surface area contributed by atoms with Crippen molar-refractivity contribution in [3.05, 3.63) is 35.3 Å². The Bertz CT molecular complexity index is 922. The number of nitrogens with zero attached hydrogens (tertiary/aromatic N) is 5. The average molecular weight is 339 g/mol. The highest BCUT2D eigenvalue weighted by Crippen LogP contribution is 2.28. The Morgan fingerprint density at radius 3 is 3.00 bits per heavy atom. The van der Waals surface area contributed by atoms with E-state index in [0.717, 1.165) is 47.2 Å². The van der Waals surface area contributed by atoms with Gasteiger partial charge >= 0.3 is 0 Å². The normalized spacial score (nSPS) is 18.0. The third-order valence-electron chi connectivity index (χ3n) is 4.93. The van der Waals surface area contributed by atoms with Crippen molar-refractivity contribution in [1.82, 2.24) is 29.9 Å². The molecule has 3 aromatic rings. The predicted octanol–water partition coefficient (Wildman–Crippen LogP) is 1.60. The van der Waals surface area contributed by atoms with E-state index in [4.69, 9.17) is 5.73 Å².